The molecule has 7 nitrogen and oxygen atoms in total. The number of carbonyl (C=O) groups is 3. The maximum Gasteiger partial charge on any atom is 0.407 e. The van der Waals surface area contributed by atoms with E-state index in [1.807, 2.05) is 13.8 Å². The van der Waals surface area contributed by atoms with Crippen molar-refractivity contribution in [3.63, 3.8) is 0 Å². The van der Waals surface area contributed by atoms with Crippen LogP contribution >= 0.6 is 0 Å². The number of alkyl carbamates (subject to hydrolysis) is 1. The van der Waals surface area contributed by atoms with Crippen molar-refractivity contribution in [2.24, 2.45) is 0 Å². The highest BCUT2D eigenvalue weighted by Gasteiger charge is 2.20. The van der Waals surface area contributed by atoms with Gasteiger partial charge in [0.05, 0.1) is 6.04 Å². The first-order valence-electron chi connectivity index (χ1n) is 8.81. The van der Waals surface area contributed by atoms with E-state index in [4.69, 9.17) is 4.74 Å². The number of ether oxygens (including phenoxy) is 1. The van der Waals surface area contributed by atoms with Gasteiger partial charge in [0.2, 0.25) is 11.8 Å². The van der Waals surface area contributed by atoms with Crippen LogP contribution in [0.25, 0.3) is 0 Å². The molecule has 0 aromatic rings. The Morgan fingerprint density at radius 2 is 1.30 bits per heavy atom. The molecule has 0 aliphatic rings. The van der Waals surface area contributed by atoms with E-state index in [0.717, 1.165) is 0 Å². The van der Waals surface area contributed by atoms with Crippen molar-refractivity contribution in [3.8, 4) is 0 Å². The molecule has 7 heteroatoms. The number of carbonyl (C=O) groups excluding carboxylic acids is 3. The smallest absolute Gasteiger partial charge is 0.407 e. The number of hydrogen-bond acceptors (Lipinski definition) is 4. The van der Waals surface area contributed by atoms with Crippen LogP contribution in [0.5, 0.6) is 0 Å². The normalized spacial score (nSPS) is 12.4. The van der Waals surface area contributed by atoms with Crippen molar-refractivity contribution in [1.82, 2.24) is 16.0 Å². The molecule has 0 aromatic heterocycles. The fourth-order valence-corrected chi connectivity index (χ4v) is 1.72. The van der Waals surface area contributed by atoms with Gasteiger partial charge in [0.1, 0.15) is 5.60 Å². The summed E-state index contributed by atoms with van der Waals surface area (Å²) in [7, 11) is 0. The van der Waals surface area contributed by atoms with Crippen LogP contribution in [0.4, 0.5) is 4.79 Å². The highest BCUT2D eigenvalue weighted by atomic mass is 16.6. The standard InChI is InChI=1S/C20H31N3O4/c1-6-8-10-12-17(24)21-14-16(23-19(26)27-20(3,4)5)15-22-18(25)13-11-9-7-2/h6-13,16H,14-15H2,1-5H3,(H,21,24)(H,22,25)(H,23,26)/b8-6+,9-7+,12-10+,13-11+. The zero-order valence-electron chi connectivity index (χ0n) is 16.7. The summed E-state index contributed by atoms with van der Waals surface area (Å²) in [6.07, 6.45) is 12.4. The SMILES string of the molecule is C/C=C/C=C/C(=O)NCC(CNC(=O)/C=C/C=C/C)NC(=O)OC(C)(C)C. The molecule has 27 heavy (non-hydrogen) atoms. The van der Waals surface area contributed by atoms with Gasteiger partial charge in [-0.2, -0.15) is 0 Å². The van der Waals surface area contributed by atoms with Gasteiger partial charge in [0.15, 0.2) is 0 Å². The molecule has 0 aliphatic heterocycles. The molecule has 0 saturated carbocycles. The van der Waals surface area contributed by atoms with Crippen LogP contribution in [0.2, 0.25) is 0 Å². The lowest BCUT2D eigenvalue weighted by molar-refractivity contribution is -0.116. The summed E-state index contributed by atoms with van der Waals surface area (Å²) in [5, 5.41) is 8.00. The van der Waals surface area contributed by atoms with Gasteiger partial charge < -0.3 is 20.7 Å². The molecule has 0 aromatic carbocycles. The molecular weight excluding hydrogens is 346 g/mol. The summed E-state index contributed by atoms with van der Waals surface area (Å²) in [4.78, 5) is 35.5. The van der Waals surface area contributed by atoms with Gasteiger partial charge >= 0.3 is 6.09 Å². The monoisotopic (exact) mass is 377 g/mol. The number of nitrogens with one attached hydrogen (secondary N) is 3. The Morgan fingerprint density at radius 3 is 1.67 bits per heavy atom. The Morgan fingerprint density at radius 1 is 0.852 bits per heavy atom. The largest absolute Gasteiger partial charge is 0.444 e. The zero-order chi connectivity index (χ0) is 20.7. The number of amides is 3. The van der Waals surface area contributed by atoms with E-state index in [1.165, 1.54) is 12.2 Å². The molecular formula is C20H31N3O4. The van der Waals surface area contributed by atoms with Gasteiger partial charge in [-0.3, -0.25) is 9.59 Å². The third-order valence-corrected chi connectivity index (χ3v) is 2.87. The third-order valence-electron chi connectivity index (χ3n) is 2.87. The summed E-state index contributed by atoms with van der Waals surface area (Å²) in [6.45, 7) is 9.22. The first kappa shape index (κ1) is 24.2. The molecule has 0 radical (unpaired) electrons. The van der Waals surface area contributed by atoms with Crippen molar-refractivity contribution in [3.05, 3.63) is 48.6 Å². The first-order chi connectivity index (χ1) is 12.7. The Balaban J connectivity index is 4.76. The molecule has 0 unspecified atom stereocenters. The lowest BCUT2D eigenvalue weighted by Crippen LogP contribution is -2.50. The van der Waals surface area contributed by atoms with Crippen molar-refractivity contribution in [2.45, 2.75) is 46.3 Å². The van der Waals surface area contributed by atoms with E-state index in [9.17, 15) is 14.4 Å². The summed E-state index contributed by atoms with van der Waals surface area (Å²) < 4.78 is 5.22. The lowest BCUT2D eigenvalue weighted by atomic mass is 10.2. The number of allylic oxidation sites excluding steroid dienone is 6. The maximum atomic E-state index is 12.0. The highest BCUT2D eigenvalue weighted by molar-refractivity contribution is 5.88. The average molecular weight is 377 g/mol. The Bertz CT molecular complexity index is 561. The predicted molar refractivity (Wildman–Crippen MR) is 107 cm³/mol. The van der Waals surface area contributed by atoms with Crippen LogP contribution in [-0.4, -0.2) is 42.6 Å². The molecule has 0 aliphatic carbocycles. The van der Waals surface area contributed by atoms with Crippen molar-refractivity contribution in [1.29, 1.82) is 0 Å². The maximum absolute atomic E-state index is 12.0. The zero-order valence-corrected chi connectivity index (χ0v) is 16.7. The second-order valence-electron chi connectivity index (χ2n) is 6.60. The van der Waals surface area contributed by atoms with E-state index in [2.05, 4.69) is 16.0 Å². The quantitative estimate of drug-likeness (QED) is 0.424. The van der Waals surface area contributed by atoms with E-state index in [1.54, 1.807) is 57.2 Å². The molecule has 0 bridgehead atoms. The van der Waals surface area contributed by atoms with Gasteiger partial charge in [0, 0.05) is 25.2 Å². The summed E-state index contributed by atoms with van der Waals surface area (Å²) in [6, 6.07) is -0.530. The fraction of sp³-hybridized carbons (Fsp3) is 0.450. The van der Waals surface area contributed by atoms with Crippen LogP contribution < -0.4 is 16.0 Å². The molecule has 3 amide bonds. The number of hydrogen-bond donors (Lipinski definition) is 3. The molecule has 0 rings (SSSR count). The van der Waals surface area contributed by atoms with Gasteiger partial charge in [-0.05, 0) is 34.6 Å². The first-order valence-corrected chi connectivity index (χ1v) is 8.81. The molecule has 0 saturated heterocycles. The second-order valence-corrected chi connectivity index (χ2v) is 6.60. The van der Waals surface area contributed by atoms with Crippen molar-refractivity contribution < 1.29 is 19.1 Å². The summed E-state index contributed by atoms with van der Waals surface area (Å²) >= 11 is 0. The molecule has 0 fully saturated rings. The molecule has 0 spiro atoms. The van der Waals surface area contributed by atoms with Crippen molar-refractivity contribution >= 4 is 17.9 Å². The average Bonchev–Trinajstić information content (AvgIpc) is 2.56. The van der Waals surface area contributed by atoms with Crippen LogP contribution in [-0.2, 0) is 14.3 Å². The van der Waals surface area contributed by atoms with Crippen LogP contribution in [0, 0.1) is 0 Å². The minimum absolute atomic E-state index is 0.136. The predicted octanol–water partition coefficient (Wildman–Crippen LogP) is 2.38. The van der Waals surface area contributed by atoms with Crippen molar-refractivity contribution in [2.75, 3.05) is 13.1 Å². The number of rotatable bonds is 9. The van der Waals surface area contributed by atoms with Gasteiger partial charge in [-0.15, -0.1) is 0 Å². The van der Waals surface area contributed by atoms with E-state index in [0.29, 0.717) is 0 Å². The third kappa shape index (κ3) is 15.2. The Hall–Kier alpha value is -2.83. The van der Waals surface area contributed by atoms with Crippen LogP contribution in [0.3, 0.4) is 0 Å². The molecule has 150 valence electrons. The van der Waals surface area contributed by atoms with E-state index in [-0.39, 0.29) is 24.9 Å². The minimum atomic E-state index is -0.647. The lowest BCUT2D eigenvalue weighted by Gasteiger charge is -2.24. The summed E-state index contributed by atoms with van der Waals surface area (Å²) in [5.74, 6) is -0.605. The molecule has 0 atom stereocenters. The van der Waals surface area contributed by atoms with E-state index >= 15 is 0 Å². The molecule has 0 heterocycles. The van der Waals surface area contributed by atoms with E-state index < -0.39 is 17.7 Å². The van der Waals surface area contributed by atoms with Crippen LogP contribution in [0.15, 0.2) is 48.6 Å². The molecule has 3 N–H and O–H groups in total. The van der Waals surface area contributed by atoms with Gasteiger partial charge in [-0.1, -0.05) is 36.5 Å². The Kier molecular flexibility index (Phi) is 12.0. The topological polar surface area (TPSA) is 96.5 Å². The van der Waals surface area contributed by atoms with Gasteiger partial charge in [-0.25, -0.2) is 4.79 Å². The fourth-order valence-electron chi connectivity index (χ4n) is 1.72. The second kappa shape index (κ2) is 13.4. The summed E-state index contributed by atoms with van der Waals surface area (Å²) in [5.41, 5.74) is -0.647. The van der Waals surface area contributed by atoms with Crippen LogP contribution in [0.1, 0.15) is 34.6 Å². The Labute approximate surface area is 161 Å². The highest BCUT2D eigenvalue weighted by Crippen LogP contribution is 2.06. The minimum Gasteiger partial charge on any atom is -0.444 e. The van der Waals surface area contributed by atoms with Gasteiger partial charge in [0.25, 0.3) is 0 Å².